The minimum Gasteiger partial charge on any atom is -0.380 e. The molecule has 0 amide bonds. The summed E-state index contributed by atoms with van der Waals surface area (Å²) in [6, 6.07) is 5.58. The van der Waals surface area contributed by atoms with Crippen LogP contribution in [-0.2, 0) is 0 Å². The molecule has 19 heavy (non-hydrogen) atoms. The molecule has 0 fully saturated rings. The average molecular weight is 283 g/mol. The van der Waals surface area contributed by atoms with Crippen molar-refractivity contribution in [2.45, 2.75) is 26.3 Å². The van der Waals surface area contributed by atoms with Gasteiger partial charge in [0.05, 0.1) is 4.92 Å². The van der Waals surface area contributed by atoms with Crippen LogP contribution in [-0.4, -0.2) is 29.5 Å². The van der Waals surface area contributed by atoms with Gasteiger partial charge in [-0.2, -0.15) is 11.8 Å². The first kappa shape index (κ1) is 15.6. The van der Waals surface area contributed by atoms with Gasteiger partial charge < -0.3 is 10.6 Å². The number of nitrogens with one attached hydrogen (secondary N) is 2. The van der Waals surface area contributed by atoms with E-state index < -0.39 is 0 Å². The summed E-state index contributed by atoms with van der Waals surface area (Å²) in [5, 5.41) is 17.6. The monoisotopic (exact) mass is 283 g/mol. The van der Waals surface area contributed by atoms with Crippen LogP contribution in [0, 0.1) is 10.1 Å². The summed E-state index contributed by atoms with van der Waals surface area (Å²) < 4.78 is 0. The maximum absolute atomic E-state index is 11.3. The molecule has 1 aromatic carbocycles. The largest absolute Gasteiger partial charge is 0.380 e. The van der Waals surface area contributed by atoms with E-state index in [0.717, 1.165) is 12.2 Å². The van der Waals surface area contributed by atoms with Crippen molar-refractivity contribution < 1.29 is 4.92 Å². The molecule has 0 aliphatic carbocycles. The van der Waals surface area contributed by atoms with E-state index in [-0.39, 0.29) is 16.7 Å². The third-order valence-corrected chi connectivity index (χ3v) is 3.54. The second-order valence-corrected chi connectivity index (χ2v) is 5.10. The Bertz CT molecular complexity index is 426. The zero-order valence-electron chi connectivity index (χ0n) is 11.6. The van der Waals surface area contributed by atoms with Crippen LogP contribution in [0.2, 0.25) is 0 Å². The quantitative estimate of drug-likeness (QED) is 0.564. The molecule has 2 N–H and O–H groups in total. The van der Waals surface area contributed by atoms with Crippen molar-refractivity contribution in [2.75, 3.05) is 29.2 Å². The summed E-state index contributed by atoms with van der Waals surface area (Å²) in [5.74, 6) is 0.930. The molecule has 5 nitrogen and oxygen atoms in total. The second kappa shape index (κ2) is 7.89. The molecule has 0 aliphatic rings. The third kappa shape index (κ3) is 4.31. The normalized spacial score (nSPS) is 11.9. The highest BCUT2D eigenvalue weighted by molar-refractivity contribution is 7.98. The van der Waals surface area contributed by atoms with E-state index in [4.69, 9.17) is 0 Å². The van der Waals surface area contributed by atoms with Crippen molar-refractivity contribution in [1.29, 1.82) is 0 Å². The maximum atomic E-state index is 11.3. The van der Waals surface area contributed by atoms with E-state index in [9.17, 15) is 10.1 Å². The van der Waals surface area contributed by atoms with Crippen molar-refractivity contribution in [3.05, 3.63) is 28.3 Å². The Morgan fingerprint density at radius 2 is 2.05 bits per heavy atom. The van der Waals surface area contributed by atoms with Crippen LogP contribution >= 0.6 is 11.8 Å². The number of thioether (sulfide) groups is 1. The standard InChI is InChI=1S/C13H21N3O2S/c1-4-10(9-19-3)15-12-8-6-7-11(14-5-2)13(12)16(17)18/h6-8,10,14-15H,4-5,9H2,1-3H3. The van der Waals surface area contributed by atoms with Crippen molar-refractivity contribution in [1.82, 2.24) is 0 Å². The van der Waals surface area contributed by atoms with Gasteiger partial charge in [-0.3, -0.25) is 10.1 Å². The lowest BCUT2D eigenvalue weighted by atomic mass is 10.2. The Labute approximate surface area is 118 Å². The Balaban J connectivity index is 3.04. The summed E-state index contributed by atoms with van der Waals surface area (Å²) in [7, 11) is 0. The van der Waals surface area contributed by atoms with E-state index in [1.165, 1.54) is 0 Å². The number of nitro benzene ring substituents is 1. The topological polar surface area (TPSA) is 67.2 Å². The number of hydrogen-bond donors (Lipinski definition) is 2. The minimum absolute atomic E-state index is 0.129. The molecule has 0 saturated heterocycles. The molecule has 0 spiro atoms. The van der Waals surface area contributed by atoms with Gasteiger partial charge >= 0.3 is 5.69 Å². The summed E-state index contributed by atoms with van der Waals surface area (Å²) in [4.78, 5) is 10.9. The predicted molar refractivity (Wildman–Crippen MR) is 83.3 cm³/mol. The molecule has 1 unspecified atom stereocenters. The Hall–Kier alpha value is -1.43. The molecule has 0 saturated carbocycles. The molecule has 1 atom stereocenters. The molecule has 0 bridgehead atoms. The predicted octanol–water partition coefficient (Wildman–Crippen LogP) is 3.58. The van der Waals surface area contributed by atoms with Crippen LogP contribution in [0.1, 0.15) is 20.3 Å². The highest BCUT2D eigenvalue weighted by atomic mass is 32.2. The first-order valence-electron chi connectivity index (χ1n) is 6.40. The van der Waals surface area contributed by atoms with Gasteiger partial charge in [0.15, 0.2) is 0 Å². The van der Waals surface area contributed by atoms with Crippen LogP contribution in [0.15, 0.2) is 18.2 Å². The lowest BCUT2D eigenvalue weighted by Gasteiger charge is -2.18. The first-order chi connectivity index (χ1) is 9.13. The fourth-order valence-corrected chi connectivity index (χ4v) is 2.59. The number of rotatable bonds is 8. The van der Waals surface area contributed by atoms with Crippen LogP contribution in [0.3, 0.4) is 0 Å². The third-order valence-electron chi connectivity index (χ3n) is 2.81. The van der Waals surface area contributed by atoms with Gasteiger partial charge in [-0.05, 0) is 31.7 Å². The Morgan fingerprint density at radius 3 is 2.58 bits per heavy atom. The molecule has 0 aliphatic heterocycles. The van der Waals surface area contributed by atoms with Crippen molar-refractivity contribution in [3.63, 3.8) is 0 Å². The molecule has 106 valence electrons. The molecule has 1 rings (SSSR count). The lowest BCUT2D eigenvalue weighted by Crippen LogP contribution is -2.22. The molecular weight excluding hydrogens is 262 g/mol. The van der Waals surface area contributed by atoms with Gasteiger partial charge in [0.2, 0.25) is 0 Å². The fraction of sp³-hybridized carbons (Fsp3) is 0.538. The first-order valence-corrected chi connectivity index (χ1v) is 7.80. The summed E-state index contributed by atoms with van der Waals surface area (Å²) in [6.45, 7) is 4.66. The van der Waals surface area contributed by atoms with Gasteiger partial charge in [0.25, 0.3) is 0 Å². The van der Waals surface area contributed by atoms with E-state index in [0.29, 0.717) is 17.9 Å². The second-order valence-electron chi connectivity index (χ2n) is 4.19. The van der Waals surface area contributed by atoms with Crippen molar-refractivity contribution in [3.8, 4) is 0 Å². The fourth-order valence-electron chi connectivity index (χ4n) is 1.87. The number of nitro groups is 1. The van der Waals surface area contributed by atoms with Gasteiger partial charge in [0, 0.05) is 18.3 Å². The summed E-state index contributed by atoms with van der Waals surface area (Å²) in [6.07, 6.45) is 2.97. The van der Waals surface area contributed by atoms with Crippen molar-refractivity contribution in [2.24, 2.45) is 0 Å². The van der Waals surface area contributed by atoms with E-state index in [1.807, 2.05) is 19.2 Å². The van der Waals surface area contributed by atoms with Gasteiger partial charge in [0.1, 0.15) is 11.4 Å². The number of nitrogens with zero attached hydrogens (tertiary/aromatic N) is 1. The number of benzene rings is 1. The highest BCUT2D eigenvalue weighted by Crippen LogP contribution is 2.33. The Morgan fingerprint density at radius 1 is 1.37 bits per heavy atom. The van der Waals surface area contributed by atoms with Crippen LogP contribution in [0.5, 0.6) is 0 Å². The molecule has 6 heteroatoms. The van der Waals surface area contributed by atoms with Gasteiger partial charge in [-0.25, -0.2) is 0 Å². The summed E-state index contributed by atoms with van der Waals surface area (Å²) >= 11 is 1.73. The molecular formula is C13H21N3O2S. The molecule has 1 aromatic rings. The maximum Gasteiger partial charge on any atom is 0.315 e. The average Bonchev–Trinajstić information content (AvgIpc) is 2.38. The number of anilines is 2. The van der Waals surface area contributed by atoms with E-state index in [2.05, 4.69) is 17.6 Å². The van der Waals surface area contributed by atoms with Crippen molar-refractivity contribution >= 4 is 28.8 Å². The smallest absolute Gasteiger partial charge is 0.315 e. The number of para-hydroxylation sites is 1. The van der Waals surface area contributed by atoms with E-state index >= 15 is 0 Å². The lowest BCUT2D eigenvalue weighted by molar-refractivity contribution is -0.383. The van der Waals surface area contributed by atoms with Gasteiger partial charge in [-0.1, -0.05) is 13.0 Å². The van der Waals surface area contributed by atoms with Crippen LogP contribution < -0.4 is 10.6 Å². The zero-order valence-corrected chi connectivity index (χ0v) is 12.4. The summed E-state index contributed by atoms with van der Waals surface area (Å²) in [5.41, 5.74) is 1.28. The molecule has 0 radical (unpaired) electrons. The molecule has 0 heterocycles. The molecule has 0 aromatic heterocycles. The highest BCUT2D eigenvalue weighted by Gasteiger charge is 2.20. The minimum atomic E-state index is -0.327. The van der Waals surface area contributed by atoms with Crippen LogP contribution in [0.25, 0.3) is 0 Å². The Kier molecular flexibility index (Phi) is 6.49. The van der Waals surface area contributed by atoms with Gasteiger partial charge in [-0.15, -0.1) is 0 Å². The zero-order chi connectivity index (χ0) is 14.3. The SMILES string of the molecule is CCNc1cccc(NC(CC)CSC)c1[N+](=O)[O-]. The van der Waals surface area contributed by atoms with Crippen LogP contribution in [0.4, 0.5) is 17.1 Å². The number of hydrogen-bond acceptors (Lipinski definition) is 5. The van der Waals surface area contributed by atoms with E-state index in [1.54, 1.807) is 23.9 Å².